The predicted molar refractivity (Wildman–Crippen MR) is 85.0 cm³/mol. The van der Waals surface area contributed by atoms with Gasteiger partial charge in [-0.15, -0.1) is 5.11 Å². The molecule has 0 N–H and O–H groups in total. The zero-order chi connectivity index (χ0) is 15.9. The maximum Gasteiger partial charge on any atom is 1.00 e. The van der Waals surface area contributed by atoms with Gasteiger partial charge in [-0.05, 0) is 44.2 Å². The average Bonchev–Trinajstić information content (AvgIpc) is 2.55. The number of hydrogen-bond acceptors (Lipinski definition) is 5. The summed E-state index contributed by atoms with van der Waals surface area (Å²) in [6.45, 7) is 6.09. The van der Waals surface area contributed by atoms with Gasteiger partial charge >= 0.3 is 18.9 Å². The van der Waals surface area contributed by atoms with Crippen LogP contribution in [0.4, 0.5) is 17.1 Å². The fraction of sp³-hybridized carbons (Fsp3) is 0.235. The summed E-state index contributed by atoms with van der Waals surface area (Å²) in [5, 5.41) is 19.1. The summed E-state index contributed by atoms with van der Waals surface area (Å²) in [7, 11) is 0. The van der Waals surface area contributed by atoms with Gasteiger partial charge in [0.15, 0.2) is 0 Å². The van der Waals surface area contributed by atoms with E-state index < -0.39 is 5.97 Å². The van der Waals surface area contributed by atoms with E-state index >= 15 is 0 Å². The molecule has 0 aliphatic carbocycles. The molecule has 6 heteroatoms. The van der Waals surface area contributed by atoms with Crippen molar-refractivity contribution in [1.29, 1.82) is 0 Å². The normalized spacial score (nSPS) is 10.3. The summed E-state index contributed by atoms with van der Waals surface area (Å²) < 4.78 is 0. The number of anilines is 1. The van der Waals surface area contributed by atoms with E-state index in [4.69, 9.17) is 0 Å². The van der Waals surface area contributed by atoms with Gasteiger partial charge in [0.1, 0.15) is 0 Å². The summed E-state index contributed by atoms with van der Waals surface area (Å²) >= 11 is 0. The van der Waals surface area contributed by atoms with Crippen molar-refractivity contribution in [3.8, 4) is 0 Å². The number of aromatic carboxylic acids is 1. The van der Waals surface area contributed by atoms with E-state index in [0.29, 0.717) is 5.69 Å². The van der Waals surface area contributed by atoms with Gasteiger partial charge in [-0.25, -0.2) is 0 Å². The Balaban J connectivity index is 0.00000264. The molecule has 0 spiro atoms. The Kier molecular flexibility index (Phi) is 7.53. The smallest absolute Gasteiger partial charge is 0.545 e. The molecule has 114 valence electrons. The summed E-state index contributed by atoms with van der Waals surface area (Å²) in [6, 6.07) is 14.1. The Morgan fingerprint density at radius 2 is 1.61 bits per heavy atom. The minimum absolute atomic E-state index is 0. The molecule has 0 amide bonds. The fourth-order valence-corrected chi connectivity index (χ4v) is 2.16. The van der Waals surface area contributed by atoms with Crippen molar-refractivity contribution in [2.24, 2.45) is 10.2 Å². The van der Waals surface area contributed by atoms with Crippen LogP contribution in [0.1, 0.15) is 24.2 Å². The van der Waals surface area contributed by atoms with Gasteiger partial charge in [-0.3, -0.25) is 0 Å². The van der Waals surface area contributed by atoms with E-state index in [9.17, 15) is 9.90 Å². The molecule has 0 aromatic heterocycles. The van der Waals surface area contributed by atoms with Crippen LogP contribution in [-0.4, -0.2) is 19.1 Å². The molecule has 23 heavy (non-hydrogen) atoms. The van der Waals surface area contributed by atoms with Gasteiger partial charge in [0.05, 0.1) is 17.3 Å². The molecule has 2 aromatic rings. The van der Waals surface area contributed by atoms with Crippen LogP contribution in [0.5, 0.6) is 0 Å². The molecule has 0 radical (unpaired) electrons. The van der Waals surface area contributed by atoms with Crippen molar-refractivity contribution in [3.63, 3.8) is 0 Å². The summed E-state index contributed by atoms with van der Waals surface area (Å²) in [4.78, 5) is 13.2. The summed E-state index contributed by atoms with van der Waals surface area (Å²) in [5.74, 6) is -1.26. The number of azo groups is 1. The Bertz CT molecular complexity index is 668. The molecule has 0 atom stereocenters. The second-order valence-corrected chi connectivity index (χ2v) is 4.69. The van der Waals surface area contributed by atoms with Crippen LogP contribution in [0.15, 0.2) is 58.8 Å². The van der Waals surface area contributed by atoms with Gasteiger partial charge in [-0.1, -0.05) is 18.2 Å². The maximum absolute atomic E-state index is 11.0. The van der Waals surface area contributed by atoms with Crippen LogP contribution in [0.2, 0.25) is 0 Å². The van der Waals surface area contributed by atoms with Crippen LogP contribution in [0.25, 0.3) is 0 Å². The zero-order valence-electron chi connectivity index (χ0n) is 13.7. The molecule has 2 aromatic carbocycles. The van der Waals surface area contributed by atoms with Crippen LogP contribution in [0.3, 0.4) is 0 Å². The number of carboxylic acids is 1. The second kappa shape index (κ2) is 9.14. The Hall–Kier alpha value is -2.09. The van der Waals surface area contributed by atoms with E-state index in [-0.39, 0.29) is 30.1 Å². The molecule has 0 bridgehead atoms. The molecule has 0 aliphatic heterocycles. The van der Waals surface area contributed by atoms with Gasteiger partial charge in [0, 0.05) is 24.3 Å². The molecule has 0 aliphatic rings. The Morgan fingerprint density at radius 1 is 1.00 bits per heavy atom. The SMILES string of the molecule is CCN(CC)c1ccc(N=Nc2ccccc2C(=O)[O-])cc1.[Li+]. The number of carbonyl (C=O) groups excluding carboxylic acids is 1. The molecule has 0 saturated heterocycles. The number of rotatable bonds is 6. The van der Waals surface area contributed by atoms with Gasteiger partial charge in [-0.2, -0.15) is 5.11 Å². The zero-order valence-corrected chi connectivity index (χ0v) is 13.7. The number of hydrogen-bond donors (Lipinski definition) is 0. The minimum atomic E-state index is -1.26. The Morgan fingerprint density at radius 3 is 2.17 bits per heavy atom. The largest absolute Gasteiger partial charge is 1.00 e. The molecule has 2 rings (SSSR count). The molecule has 0 fully saturated rings. The second-order valence-electron chi connectivity index (χ2n) is 4.69. The number of benzene rings is 2. The van der Waals surface area contributed by atoms with Crippen LogP contribution < -0.4 is 28.9 Å². The maximum atomic E-state index is 11.0. The average molecular weight is 303 g/mol. The number of nitrogens with zero attached hydrogens (tertiary/aromatic N) is 3. The van der Waals surface area contributed by atoms with Gasteiger partial charge < -0.3 is 14.8 Å². The fourth-order valence-electron chi connectivity index (χ4n) is 2.16. The third-order valence-corrected chi connectivity index (χ3v) is 3.38. The van der Waals surface area contributed by atoms with Gasteiger partial charge in [0.2, 0.25) is 0 Å². The standard InChI is InChI=1S/C17H19N3O2.Li/c1-3-20(4-2)14-11-9-13(10-12-14)18-19-16-8-6-5-7-15(16)17(21)22;/h5-12H,3-4H2,1-2H3,(H,21,22);/q;+1/p-1. The molecule has 0 saturated carbocycles. The number of carbonyl (C=O) groups is 1. The van der Waals surface area contributed by atoms with Crippen molar-refractivity contribution in [1.82, 2.24) is 0 Å². The van der Waals surface area contributed by atoms with Crippen molar-refractivity contribution in [2.45, 2.75) is 13.8 Å². The molecular weight excluding hydrogens is 285 g/mol. The predicted octanol–water partition coefficient (Wildman–Crippen LogP) is 0.316. The summed E-state index contributed by atoms with van der Waals surface area (Å²) in [5.41, 5.74) is 2.12. The minimum Gasteiger partial charge on any atom is -0.545 e. The van der Waals surface area contributed by atoms with Crippen LogP contribution >= 0.6 is 0 Å². The van der Waals surface area contributed by atoms with Gasteiger partial charge in [0.25, 0.3) is 0 Å². The van der Waals surface area contributed by atoms with Crippen LogP contribution in [0, 0.1) is 0 Å². The summed E-state index contributed by atoms with van der Waals surface area (Å²) in [6.07, 6.45) is 0. The quantitative estimate of drug-likeness (QED) is 0.570. The third kappa shape index (κ3) is 4.95. The van der Waals surface area contributed by atoms with E-state index in [1.165, 1.54) is 6.07 Å². The first-order chi connectivity index (χ1) is 10.7. The van der Waals surface area contributed by atoms with E-state index in [0.717, 1.165) is 18.8 Å². The first kappa shape index (κ1) is 19.0. The van der Waals surface area contributed by atoms with Crippen molar-refractivity contribution >= 4 is 23.0 Å². The van der Waals surface area contributed by atoms with E-state index in [1.54, 1.807) is 18.2 Å². The first-order valence-electron chi connectivity index (χ1n) is 7.22. The number of carboxylic acid groups (broad SMARTS) is 1. The van der Waals surface area contributed by atoms with Crippen molar-refractivity contribution in [2.75, 3.05) is 18.0 Å². The van der Waals surface area contributed by atoms with Crippen molar-refractivity contribution in [3.05, 3.63) is 54.1 Å². The molecule has 5 nitrogen and oxygen atoms in total. The van der Waals surface area contributed by atoms with Crippen molar-refractivity contribution < 1.29 is 28.8 Å². The molecular formula is C17H18LiN3O2. The third-order valence-electron chi connectivity index (χ3n) is 3.38. The van der Waals surface area contributed by atoms with E-state index in [1.807, 2.05) is 24.3 Å². The molecule has 0 heterocycles. The van der Waals surface area contributed by atoms with Crippen LogP contribution in [-0.2, 0) is 0 Å². The van der Waals surface area contributed by atoms with E-state index in [2.05, 4.69) is 29.0 Å². The molecule has 0 unspecified atom stereocenters. The monoisotopic (exact) mass is 303 g/mol. The Labute approximate surface area is 148 Å². The first-order valence-corrected chi connectivity index (χ1v) is 7.22. The topological polar surface area (TPSA) is 68.1 Å².